The zero-order chi connectivity index (χ0) is 16.3. The number of aryl methyl sites for hydroxylation is 2. The van der Waals surface area contributed by atoms with Gasteiger partial charge >= 0.3 is 0 Å². The van der Waals surface area contributed by atoms with Crippen LogP contribution < -0.4 is 5.32 Å². The summed E-state index contributed by atoms with van der Waals surface area (Å²) in [6.45, 7) is 2.83. The Morgan fingerprint density at radius 3 is 2.55 bits per heavy atom. The molecule has 118 valence electrons. The zero-order valence-electron chi connectivity index (χ0n) is 12.7. The molecule has 0 aliphatic carbocycles. The zero-order valence-corrected chi connectivity index (χ0v) is 14.2. The molecule has 0 saturated heterocycles. The lowest BCUT2D eigenvalue weighted by Gasteiger charge is -2.16. The van der Waals surface area contributed by atoms with Crippen molar-refractivity contribution in [1.29, 1.82) is 0 Å². The van der Waals surface area contributed by atoms with Gasteiger partial charge in [-0.15, -0.1) is 0 Å². The van der Waals surface area contributed by atoms with Crippen LogP contribution in [0.4, 0.5) is 5.69 Å². The Hall–Kier alpha value is -1.56. The fraction of sp³-hybridized carbons (Fsp3) is 0.333. The van der Waals surface area contributed by atoms with E-state index >= 15 is 0 Å². The molecule has 0 unspecified atom stereocenters. The highest BCUT2D eigenvalue weighted by molar-refractivity contribution is 6.39. The van der Waals surface area contributed by atoms with Crippen molar-refractivity contribution in [3.8, 4) is 0 Å². The number of hydrogen-bond donors (Lipinski definition) is 1. The third-order valence-corrected chi connectivity index (χ3v) is 3.83. The number of aromatic nitrogens is 2. The number of carbonyl (C=O) groups excluding carboxylic acids is 1. The number of benzene rings is 1. The Bertz CT molecular complexity index is 664. The van der Waals surface area contributed by atoms with E-state index in [1.165, 1.54) is 0 Å². The van der Waals surface area contributed by atoms with E-state index in [0.717, 1.165) is 11.3 Å². The van der Waals surface area contributed by atoms with Gasteiger partial charge < -0.3 is 5.32 Å². The van der Waals surface area contributed by atoms with Gasteiger partial charge in [-0.05, 0) is 26.1 Å². The maximum Gasteiger partial charge on any atom is 0.238 e. The molecule has 0 saturated carbocycles. The van der Waals surface area contributed by atoms with E-state index in [0.29, 0.717) is 22.3 Å². The molecule has 0 bridgehead atoms. The van der Waals surface area contributed by atoms with Gasteiger partial charge in [-0.3, -0.25) is 14.4 Å². The molecular formula is C15H18Cl2N4O. The van der Waals surface area contributed by atoms with E-state index in [-0.39, 0.29) is 12.5 Å². The minimum atomic E-state index is -0.168. The first-order chi connectivity index (χ1) is 10.4. The average Bonchev–Trinajstić information content (AvgIpc) is 2.72. The lowest BCUT2D eigenvalue weighted by atomic mass is 10.2. The summed E-state index contributed by atoms with van der Waals surface area (Å²) in [5.74, 6) is -0.168. The fourth-order valence-corrected chi connectivity index (χ4v) is 2.68. The van der Waals surface area contributed by atoms with Crippen LogP contribution in [0.15, 0.2) is 24.4 Å². The molecule has 1 heterocycles. The predicted octanol–water partition coefficient (Wildman–Crippen LogP) is 3.11. The van der Waals surface area contributed by atoms with Crippen LogP contribution in [0, 0.1) is 6.92 Å². The molecule has 2 aromatic rings. The number of halogens is 2. The SMILES string of the molecule is Cc1nn(C)cc1CN(C)CC(=O)Nc1c(Cl)cccc1Cl. The minimum absolute atomic E-state index is 0.168. The second kappa shape index (κ2) is 7.13. The largest absolute Gasteiger partial charge is 0.322 e. The number of anilines is 1. The van der Waals surface area contributed by atoms with Gasteiger partial charge in [0.2, 0.25) is 5.91 Å². The molecule has 5 nitrogen and oxygen atoms in total. The van der Waals surface area contributed by atoms with Crippen molar-refractivity contribution in [2.24, 2.45) is 7.05 Å². The number of carbonyl (C=O) groups is 1. The number of hydrogen-bond acceptors (Lipinski definition) is 3. The normalized spacial score (nSPS) is 11.0. The van der Waals surface area contributed by atoms with Crippen molar-refractivity contribution in [2.75, 3.05) is 18.9 Å². The van der Waals surface area contributed by atoms with Crippen LogP contribution in [0.3, 0.4) is 0 Å². The first-order valence-electron chi connectivity index (χ1n) is 6.78. The predicted molar refractivity (Wildman–Crippen MR) is 89.4 cm³/mol. The van der Waals surface area contributed by atoms with Crippen LogP contribution in [0.25, 0.3) is 0 Å². The summed E-state index contributed by atoms with van der Waals surface area (Å²) in [7, 11) is 3.75. The Balaban J connectivity index is 1.95. The van der Waals surface area contributed by atoms with Crippen molar-refractivity contribution in [3.05, 3.63) is 45.7 Å². The fourth-order valence-electron chi connectivity index (χ4n) is 2.19. The van der Waals surface area contributed by atoms with Gasteiger partial charge in [0.1, 0.15) is 0 Å². The highest BCUT2D eigenvalue weighted by Crippen LogP contribution is 2.29. The second-order valence-electron chi connectivity index (χ2n) is 5.23. The van der Waals surface area contributed by atoms with Crippen molar-refractivity contribution >= 4 is 34.8 Å². The van der Waals surface area contributed by atoms with E-state index < -0.39 is 0 Å². The summed E-state index contributed by atoms with van der Waals surface area (Å²) in [5.41, 5.74) is 2.50. The topological polar surface area (TPSA) is 50.2 Å². The summed E-state index contributed by atoms with van der Waals surface area (Å²) >= 11 is 12.1. The maximum atomic E-state index is 12.1. The first-order valence-corrected chi connectivity index (χ1v) is 7.54. The second-order valence-corrected chi connectivity index (χ2v) is 6.04. The molecule has 1 aromatic heterocycles. The van der Waals surface area contributed by atoms with Crippen LogP contribution in [0.2, 0.25) is 10.0 Å². The summed E-state index contributed by atoms with van der Waals surface area (Å²) in [4.78, 5) is 14.0. The van der Waals surface area contributed by atoms with Gasteiger partial charge in [-0.2, -0.15) is 5.10 Å². The Kier molecular flexibility index (Phi) is 5.45. The maximum absolute atomic E-state index is 12.1. The van der Waals surface area contributed by atoms with E-state index in [9.17, 15) is 4.79 Å². The Labute approximate surface area is 139 Å². The summed E-state index contributed by atoms with van der Waals surface area (Å²) in [6, 6.07) is 5.11. The first kappa shape index (κ1) is 16.8. The van der Waals surface area contributed by atoms with Crippen LogP contribution in [-0.4, -0.2) is 34.2 Å². The summed E-state index contributed by atoms with van der Waals surface area (Å²) in [6.07, 6.45) is 1.95. The number of amides is 1. The molecule has 0 spiro atoms. The molecule has 0 fully saturated rings. The lowest BCUT2D eigenvalue weighted by molar-refractivity contribution is -0.117. The van der Waals surface area contributed by atoms with Crippen molar-refractivity contribution in [2.45, 2.75) is 13.5 Å². The molecule has 1 N–H and O–H groups in total. The molecule has 0 aliphatic heterocycles. The number of likely N-dealkylation sites (N-methyl/N-ethyl adjacent to an activating group) is 1. The average molecular weight is 341 g/mol. The lowest BCUT2D eigenvalue weighted by Crippen LogP contribution is -2.30. The van der Waals surface area contributed by atoms with Gasteiger partial charge in [0.25, 0.3) is 0 Å². The molecule has 1 amide bonds. The molecule has 1 aromatic carbocycles. The molecule has 0 aliphatic rings. The standard InChI is InChI=1S/C15H18Cl2N4O/c1-10-11(8-21(3)19-10)7-20(2)9-14(22)18-15-12(16)5-4-6-13(15)17/h4-6,8H,7,9H2,1-3H3,(H,18,22). The summed E-state index contributed by atoms with van der Waals surface area (Å²) in [5, 5.41) is 7.88. The van der Waals surface area contributed by atoms with E-state index in [4.69, 9.17) is 23.2 Å². The van der Waals surface area contributed by atoms with Crippen molar-refractivity contribution < 1.29 is 4.79 Å². The van der Waals surface area contributed by atoms with Crippen LogP contribution in [0.5, 0.6) is 0 Å². The van der Waals surface area contributed by atoms with Crippen LogP contribution >= 0.6 is 23.2 Å². The molecule has 7 heteroatoms. The van der Waals surface area contributed by atoms with E-state index in [1.807, 2.05) is 32.1 Å². The third kappa shape index (κ3) is 4.22. The number of rotatable bonds is 5. The Morgan fingerprint density at radius 2 is 2.00 bits per heavy atom. The van der Waals surface area contributed by atoms with E-state index in [1.54, 1.807) is 22.9 Å². The molecule has 0 atom stereocenters. The quantitative estimate of drug-likeness (QED) is 0.909. The van der Waals surface area contributed by atoms with Gasteiger partial charge in [0.05, 0.1) is 28.0 Å². The van der Waals surface area contributed by atoms with Crippen molar-refractivity contribution in [3.63, 3.8) is 0 Å². The molecular weight excluding hydrogens is 323 g/mol. The minimum Gasteiger partial charge on any atom is -0.322 e. The number of nitrogens with one attached hydrogen (secondary N) is 1. The number of para-hydroxylation sites is 1. The van der Waals surface area contributed by atoms with Gasteiger partial charge in [-0.25, -0.2) is 0 Å². The molecule has 0 radical (unpaired) electrons. The van der Waals surface area contributed by atoms with Gasteiger partial charge in [0, 0.05) is 25.4 Å². The van der Waals surface area contributed by atoms with Gasteiger partial charge in [0.15, 0.2) is 0 Å². The molecule has 22 heavy (non-hydrogen) atoms. The Morgan fingerprint density at radius 1 is 1.36 bits per heavy atom. The highest BCUT2D eigenvalue weighted by Gasteiger charge is 2.13. The molecule has 2 rings (SSSR count). The monoisotopic (exact) mass is 340 g/mol. The highest BCUT2D eigenvalue weighted by atomic mass is 35.5. The van der Waals surface area contributed by atoms with Crippen LogP contribution in [-0.2, 0) is 18.4 Å². The number of nitrogens with zero attached hydrogens (tertiary/aromatic N) is 3. The van der Waals surface area contributed by atoms with Crippen molar-refractivity contribution in [1.82, 2.24) is 14.7 Å². The van der Waals surface area contributed by atoms with E-state index in [2.05, 4.69) is 10.4 Å². The smallest absolute Gasteiger partial charge is 0.238 e. The van der Waals surface area contributed by atoms with Crippen LogP contribution in [0.1, 0.15) is 11.3 Å². The van der Waals surface area contributed by atoms with Gasteiger partial charge in [-0.1, -0.05) is 29.3 Å². The third-order valence-electron chi connectivity index (χ3n) is 3.20. The summed E-state index contributed by atoms with van der Waals surface area (Å²) < 4.78 is 1.77.